The van der Waals surface area contributed by atoms with Gasteiger partial charge in [-0.3, -0.25) is 0 Å². The summed E-state index contributed by atoms with van der Waals surface area (Å²) in [7, 11) is 4.35. The number of hydrogen-bond acceptors (Lipinski definition) is 1. The molecule has 0 radical (unpaired) electrons. The fourth-order valence-corrected chi connectivity index (χ4v) is 10.6. The van der Waals surface area contributed by atoms with Gasteiger partial charge in [0, 0.05) is 0 Å². The van der Waals surface area contributed by atoms with Crippen LogP contribution in [0.3, 0.4) is 0 Å². The first-order valence-electron chi connectivity index (χ1n) is 8.14. The van der Waals surface area contributed by atoms with Crippen molar-refractivity contribution in [3.63, 3.8) is 0 Å². The van der Waals surface area contributed by atoms with E-state index in [4.69, 9.17) is 0 Å². The van der Waals surface area contributed by atoms with Gasteiger partial charge in [-0.15, -0.1) is 0 Å². The zero-order valence-corrected chi connectivity index (χ0v) is 16.7. The summed E-state index contributed by atoms with van der Waals surface area (Å²) in [4.78, 5) is 2.32. The van der Waals surface area contributed by atoms with E-state index in [9.17, 15) is 0 Å². The van der Waals surface area contributed by atoms with Gasteiger partial charge in [-0.25, -0.2) is 0 Å². The van der Waals surface area contributed by atoms with Gasteiger partial charge in [0.15, 0.2) is 0 Å². The summed E-state index contributed by atoms with van der Waals surface area (Å²) >= 11 is -1.91. The van der Waals surface area contributed by atoms with Gasteiger partial charge < -0.3 is 0 Å². The van der Waals surface area contributed by atoms with Gasteiger partial charge in [0.05, 0.1) is 0 Å². The molecule has 0 aromatic heterocycles. The number of rotatable bonds is 5. The number of benzene rings is 2. The zero-order chi connectivity index (χ0) is 16.2. The van der Waals surface area contributed by atoms with E-state index >= 15 is 0 Å². The first-order valence-corrected chi connectivity index (χ1v) is 12.0. The molecule has 2 heteroatoms. The number of nitrogens with zero attached hydrogens (tertiary/aromatic N) is 1. The molecule has 0 aliphatic heterocycles. The second-order valence-corrected chi connectivity index (χ2v) is 12.6. The molecule has 2 aromatic carbocycles. The standard InChI is InChI=1S/C9H14N.2C6H5.Sb/c1-8(10(2)3)9-6-4-5-7-9;2*1-2-4-6-5-3-1;/h4,6,8H,5H2,1-3H3;2*1-5H;. The third-order valence-corrected chi connectivity index (χ3v) is 11.9. The van der Waals surface area contributed by atoms with Crippen LogP contribution >= 0.6 is 0 Å². The Bertz CT molecular complexity index is 662. The van der Waals surface area contributed by atoms with E-state index in [0.29, 0.717) is 6.04 Å². The summed E-state index contributed by atoms with van der Waals surface area (Å²) in [6, 6.07) is 22.8. The molecule has 118 valence electrons. The van der Waals surface area contributed by atoms with Crippen LogP contribution in [0.15, 0.2) is 81.9 Å². The Labute approximate surface area is 147 Å². The molecular formula is C21H24NSb. The van der Waals surface area contributed by atoms with Gasteiger partial charge in [-0.05, 0) is 0 Å². The van der Waals surface area contributed by atoms with Crippen molar-refractivity contribution in [3.05, 3.63) is 81.9 Å². The average molecular weight is 412 g/mol. The Morgan fingerprint density at radius 1 is 0.870 bits per heavy atom. The van der Waals surface area contributed by atoms with Gasteiger partial charge in [0.1, 0.15) is 0 Å². The Balaban J connectivity index is 2.11. The van der Waals surface area contributed by atoms with Gasteiger partial charge >= 0.3 is 148 Å². The third kappa shape index (κ3) is 3.62. The monoisotopic (exact) mass is 411 g/mol. The minimum absolute atomic E-state index is 0.475. The summed E-state index contributed by atoms with van der Waals surface area (Å²) in [6.07, 6.45) is 5.84. The van der Waals surface area contributed by atoms with E-state index in [-0.39, 0.29) is 0 Å². The second-order valence-electron chi connectivity index (χ2n) is 6.15. The van der Waals surface area contributed by atoms with Crippen LogP contribution in [0.25, 0.3) is 0 Å². The Hall–Kier alpha value is -1.30. The van der Waals surface area contributed by atoms with Crippen molar-refractivity contribution < 1.29 is 0 Å². The summed E-state index contributed by atoms with van der Waals surface area (Å²) < 4.78 is 4.83. The van der Waals surface area contributed by atoms with E-state index in [1.54, 1.807) is 16.1 Å². The molecule has 0 fully saturated rings. The minimum atomic E-state index is -1.91. The van der Waals surface area contributed by atoms with Crippen LogP contribution < -0.4 is 7.02 Å². The first kappa shape index (κ1) is 16.6. The SMILES string of the molecule is CC(C1=[C]([Sb]([c]2ccccc2)[c]2ccccc2)CC=C1)N(C)C. The van der Waals surface area contributed by atoms with Crippen molar-refractivity contribution in [1.29, 1.82) is 0 Å². The van der Waals surface area contributed by atoms with Crippen molar-refractivity contribution in [2.75, 3.05) is 14.1 Å². The summed E-state index contributed by atoms with van der Waals surface area (Å²) in [5, 5.41) is 0. The predicted octanol–water partition coefficient (Wildman–Crippen LogP) is 3.04. The summed E-state index contributed by atoms with van der Waals surface area (Å²) in [5.41, 5.74) is 1.55. The van der Waals surface area contributed by atoms with Crippen molar-refractivity contribution in [2.24, 2.45) is 0 Å². The van der Waals surface area contributed by atoms with Crippen LogP contribution in [0.2, 0.25) is 0 Å². The normalized spacial score (nSPS) is 15.7. The van der Waals surface area contributed by atoms with Gasteiger partial charge in [-0.1, -0.05) is 0 Å². The molecule has 1 unspecified atom stereocenters. The zero-order valence-electron chi connectivity index (χ0n) is 14.1. The maximum absolute atomic E-state index is 2.36. The first-order chi connectivity index (χ1) is 11.2. The maximum atomic E-state index is 2.36. The summed E-state index contributed by atoms with van der Waals surface area (Å²) in [5.74, 6) is 0. The van der Waals surface area contributed by atoms with Crippen LogP contribution in [-0.4, -0.2) is 45.2 Å². The van der Waals surface area contributed by atoms with Crippen molar-refractivity contribution in [2.45, 2.75) is 19.4 Å². The van der Waals surface area contributed by atoms with Gasteiger partial charge in [0.2, 0.25) is 0 Å². The fourth-order valence-electron chi connectivity index (χ4n) is 3.01. The van der Waals surface area contributed by atoms with Crippen LogP contribution in [0.4, 0.5) is 0 Å². The Morgan fingerprint density at radius 3 is 1.87 bits per heavy atom. The van der Waals surface area contributed by atoms with Crippen LogP contribution in [-0.2, 0) is 0 Å². The molecule has 3 rings (SSSR count). The molecule has 0 saturated carbocycles. The number of allylic oxidation sites excluding steroid dienone is 2. The molecule has 0 spiro atoms. The van der Waals surface area contributed by atoms with Crippen molar-refractivity contribution in [3.8, 4) is 0 Å². The Kier molecular flexibility index (Phi) is 5.41. The molecule has 0 amide bonds. The molecule has 0 saturated heterocycles. The molecular weight excluding hydrogens is 388 g/mol. The topological polar surface area (TPSA) is 3.24 Å². The molecule has 0 heterocycles. The number of likely N-dealkylation sites (N-methyl/N-ethyl adjacent to an activating group) is 1. The third-order valence-electron chi connectivity index (χ3n) is 4.47. The molecule has 1 nitrogen and oxygen atoms in total. The predicted molar refractivity (Wildman–Crippen MR) is 102 cm³/mol. The van der Waals surface area contributed by atoms with Gasteiger partial charge in [0.25, 0.3) is 0 Å². The van der Waals surface area contributed by atoms with E-state index in [2.05, 4.69) is 98.7 Å². The van der Waals surface area contributed by atoms with Crippen LogP contribution in [0.1, 0.15) is 13.3 Å². The molecule has 2 aromatic rings. The van der Waals surface area contributed by atoms with Crippen molar-refractivity contribution >= 4 is 27.2 Å². The van der Waals surface area contributed by atoms with E-state index in [1.807, 2.05) is 0 Å². The molecule has 1 aliphatic rings. The summed E-state index contributed by atoms with van der Waals surface area (Å²) in [6.45, 7) is 2.32. The van der Waals surface area contributed by atoms with Crippen LogP contribution in [0, 0.1) is 0 Å². The number of hydrogen-bond donors (Lipinski definition) is 0. The van der Waals surface area contributed by atoms with E-state index < -0.39 is 20.2 Å². The molecule has 23 heavy (non-hydrogen) atoms. The molecule has 0 bridgehead atoms. The molecule has 1 atom stereocenters. The molecule has 0 N–H and O–H groups in total. The Morgan fingerprint density at radius 2 is 1.39 bits per heavy atom. The van der Waals surface area contributed by atoms with E-state index in [1.165, 1.54) is 0 Å². The van der Waals surface area contributed by atoms with Gasteiger partial charge in [-0.2, -0.15) is 0 Å². The average Bonchev–Trinajstić information content (AvgIpc) is 3.05. The van der Waals surface area contributed by atoms with Crippen LogP contribution in [0.5, 0.6) is 0 Å². The second kappa shape index (κ2) is 7.51. The van der Waals surface area contributed by atoms with E-state index in [0.717, 1.165) is 6.42 Å². The molecule has 1 aliphatic carbocycles. The fraction of sp³-hybridized carbons (Fsp3) is 0.238. The quantitative estimate of drug-likeness (QED) is 0.683. The van der Waals surface area contributed by atoms with Crippen molar-refractivity contribution in [1.82, 2.24) is 4.90 Å².